The van der Waals surface area contributed by atoms with Gasteiger partial charge in [0, 0.05) is 22.9 Å². The van der Waals surface area contributed by atoms with E-state index in [2.05, 4.69) is 24.4 Å². The summed E-state index contributed by atoms with van der Waals surface area (Å²) in [6.07, 6.45) is 0. The summed E-state index contributed by atoms with van der Waals surface area (Å²) >= 11 is 0. The highest BCUT2D eigenvalue weighted by molar-refractivity contribution is 6.14. The van der Waals surface area contributed by atoms with Crippen LogP contribution in [-0.2, 0) is 0 Å². The standard InChI is InChI=1S/C22H19NO3/c1-15(16-7-3-2-4-8-16)23-18-13-11-17(12-14-18)21(24)19-9-5-6-10-20(19)22(25)26/h2-15,23H,1H3,(H,25,26). The van der Waals surface area contributed by atoms with E-state index in [9.17, 15) is 14.7 Å². The number of anilines is 1. The predicted molar refractivity (Wildman–Crippen MR) is 102 cm³/mol. The van der Waals surface area contributed by atoms with Crippen LogP contribution in [0.25, 0.3) is 0 Å². The first-order valence-electron chi connectivity index (χ1n) is 8.35. The van der Waals surface area contributed by atoms with Gasteiger partial charge in [0.2, 0.25) is 0 Å². The molecular formula is C22H19NO3. The molecule has 0 saturated carbocycles. The van der Waals surface area contributed by atoms with Crippen LogP contribution in [0.1, 0.15) is 44.8 Å². The number of benzene rings is 3. The molecule has 0 aromatic heterocycles. The van der Waals surface area contributed by atoms with Crippen LogP contribution in [0.15, 0.2) is 78.9 Å². The predicted octanol–water partition coefficient (Wildman–Crippen LogP) is 4.79. The Morgan fingerprint density at radius 2 is 1.38 bits per heavy atom. The normalized spacial score (nSPS) is 11.6. The van der Waals surface area contributed by atoms with Crippen LogP contribution < -0.4 is 5.32 Å². The van der Waals surface area contributed by atoms with Gasteiger partial charge in [-0.05, 0) is 42.8 Å². The van der Waals surface area contributed by atoms with Gasteiger partial charge < -0.3 is 10.4 Å². The van der Waals surface area contributed by atoms with E-state index in [-0.39, 0.29) is 23.0 Å². The first-order chi connectivity index (χ1) is 12.6. The van der Waals surface area contributed by atoms with E-state index in [0.717, 1.165) is 5.69 Å². The van der Waals surface area contributed by atoms with Gasteiger partial charge in [0.05, 0.1) is 5.56 Å². The molecule has 0 aliphatic carbocycles. The zero-order chi connectivity index (χ0) is 18.5. The molecule has 0 saturated heterocycles. The van der Waals surface area contributed by atoms with E-state index < -0.39 is 5.97 Å². The Labute approximate surface area is 152 Å². The number of hydrogen-bond acceptors (Lipinski definition) is 3. The molecule has 3 aromatic carbocycles. The molecule has 0 fully saturated rings. The minimum Gasteiger partial charge on any atom is -0.478 e. The molecule has 26 heavy (non-hydrogen) atoms. The molecule has 2 N–H and O–H groups in total. The smallest absolute Gasteiger partial charge is 0.336 e. The van der Waals surface area contributed by atoms with Crippen molar-refractivity contribution in [3.8, 4) is 0 Å². The second-order valence-electron chi connectivity index (χ2n) is 6.03. The Morgan fingerprint density at radius 3 is 2.00 bits per heavy atom. The third-order valence-electron chi connectivity index (χ3n) is 4.23. The van der Waals surface area contributed by atoms with Crippen LogP contribution in [-0.4, -0.2) is 16.9 Å². The average Bonchev–Trinajstić information content (AvgIpc) is 2.68. The molecule has 1 unspecified atom stereocenters. The lowest BCUT2D eigenvalue weighted by Crippen LogP contribution is -2.10. The van der Waals surface area contributed by atoms with Crippen molar-refractivity contribution >= 4 is 17.4 Å². The van der Waals surface area contributed by atoms with Crippen LogP contribution >= 0.6 is 0 Å². The summed E-state index contributed by atoms with van der Waals surface area (Å²) in [6, 6.07) is 23.5. The van der Waals surface area contributed by atoms with Gasteiger partial charge in [-0.15, -0.1) is 0 Å². The van der Waals surface area contributed by atoms with Crippen LogP contribution in [0.2, 0.25) is 0 Å². The van der Waals surface area contributed by atoms with Crippen LogP contribution in [0.4, 0.5) is 5.69 Å². The van der Waals surface area contributed by atoms with E-state index in [1.54, 1.807) is 24.3 Å². The van der Waals surface area contributed by atoms with Crippen LogP contribution in [0, 0.1) is 0 Å². The maximum Gasteiger partial charge on any atom is 0.336 e. The molecule has 0 amide bonds. The van der Waals surface area contributed by atoms with Gasteiger partial charge in [0.25, 0.3) is 0 Å². The van der Waals surface area contributed by atoms with E-state index in [0.29, 0.717) is 5.56 Å². The second-order valence-corrected chi connectivity index (χ2v) is 6.03. The van der Waals surface area contributed by atoms with Crippen molar-refractivity contribution in [2.24, 2.45) is 0 Å². The Bertz CT molecular complexity index is 918. The van der Waals surface area contributed by atoms with E-state index in [1.165, 1.54) is 17.7 Å². The number of carbonyl (C=O) groups is 2. The quantitative estimate of drug-likeness (QED) is 0.631. The number of ketones is 1. The van der Waals surface area contributed by atoms with Crippen molar-refractivity contribution in [3.05, 3.63) is 101 Å². The zero-order valence-corrected chi connectivity index (χ0v) is 14.3. The van der Waals surface area contributed by atoms with Crippen LogP contribution in [0.3, 0.4) is 0 Å². The van der Waals surface area contributed by atoms with Crippen molar-refractivity contribution in [3.63, 3.8) is 0 Å². The molecule has 3 aromatic rings. The summed E-state index contributed by atoms with van der Waals surface area (Å²) in [5.41, 5.74) is 2.72. The van der Waals surface area contributed by atoms with E-state index in [1.807, 2.05) is 30.3 Å². The molecule has 130 valence electrons. The second kappa shape index (κ2) is 7.66. The number of carboxylic acids is 1. The summed E-state index contributed by atoms with van der Waals surface area (Å²) < 4.78 is 0. The van der Waals surface area contributed by atoms with Gasteiger partial charge in [0.15, 0.2) is 5.78 Å². The fourth-order valence-corrected chi connectivity index (χ4v) is 2.82. The molecule has 0 spiro atoms. The number of carbonyl (C=O) groups excluding carboxylic acids is 1. The average molecular weight is 345 g/mol. The van der Waals surface area contributed by atoms with E-state index >= 15 is 0 Å². The van der Waals surface area contributed by atoms with Crippen molar-refractivity contribution in [1.29, 1.82) is 0 Å². The largest absolute Gasteiger partial charge is 0.478 e. The van der Waals surface area contributed by atoms with Gasteiger partial charge in [-0.25, -0.2) is 4.79 Å². The highest BCUT2D eigenvalue weighted by Gasteiger charge is 2.17. The molecule has 0 aliphatic rings. The lowest BCUT2D eigenvalue weighted by molar-refractivity contribution is 0.0693. The van der Waals surface area contributed by atoms with Gasteiger partial charge in [-0.2, -0.15) is 0 Å². The fraction of sp³-hybridized carbons (Fsp3) is 0.0909. The molecular weight excluding hydrogens is 326 g/mol. The third-order valence-corrected chi connectivity index (χ3v) is 4.23. The number of nitrogens with one attached hydrogen (secondary N) is 1. The van der Waals surface area contributed by atoms with Crippen LogP contribution in [0.5, 0.6) is 0 Å². The lowest BCUT2D eigenvalue weighted by atomic mass is 9.98. The molecule has 0 heterocycles. The first-order valence-corrected chi connectivity index (χ1v) is 8.35. The minimum atomic E-state index is -1.11. The molecule has 4 nitrogen and oxygen atoms in total. The molecule has 0 radical (unpaired) electrons. The zero-order valence-electron chi connectivity index (χ0n) is 14.3. The van der Waals surface area contributed by atoms with Crippen molar-refractivity contribution in [2.45, 2.75) is 13.0 Å². The van der Waals surface area contributed by atoms with Gasteiger partial charge in [-0.1, -0.05) is 48.5 Å². The van der Waals surface area contributed by atoms with Gasteiger partial charge in [0.1, 0.15) is 0 Å². The maximum absolute atomic E-state index is 12.6. The molecule has 0 aliphatic heterocycles. The lowest BCUT2D eigenvalue weighted by Gasteiger charge is -2.16. The monoisotopic (exact) mass is 345 g/mol. The SMILES string of the molecule is CC(Nc1ccc(C(=O)c2ccccc2C(=O)O)cc1)c1ccccc1. The maximum atomic E-state index is 12.6. The summed E-state index contributed by atoms with van der Waals surface area (Å²) in [6.45, 7) is 2.07. The molecule has 4 heteroatoms. The summed E-state index contributed by atoms with van der Waals surface area (Å²) in [7, 11) is 0. The number of rotatable bonds is 6. The van der Waals surface area contributed by atoms with Crippen molar-refractivity contribution in [2.75, 3.05) is 5.32 Å². The Balaban J connectivity index is 1.78. The summed E-state index contributed by atoms with van der Waals surface area (Å²) in [5.74, 6) is -1.41. The Morgan fingerprint density at radius 1 is 0.808 bits per heavy atom. The number of aromatic carboxylic acids is 1. The highest BCUT2D eigenvalue weighted by Crippen LogP contribution is 2.21. The van der Waals surface area contributed by atoms with Gasteiger partial charge in [-0.3, -0.25) is 4.79 Å². The van der Waals surface area contributed by atoms with Gasteiger partial charge >= 0.3 is 5.97 Å². The number of carboxylic acid groups (broad SMARTS) is 1. The highest BCUT2D eigenvalue weighted by atomic mass is 16.4. The minimum absolute atomic E-state index is 0.0115. The molecule has 1 atom stereocenters. The summed E-state index contributed by atoms with van der Waals surface area (Å²) in [4.78, 5) is 23.9. The van der Waals surface area contributed by atoms with Crippen molar-refractivity contribution < 1.29 is 14.7 Å². The topological polar surface area (TPSA) is 66.4 Å². The third kappa shape index (κ3) is 3.81. The summed E-state index contributed by atoms with van der Waals surface area (Å²) in [5, 5.41) is 12.6. The van der Waals surface area contributed by atoms with E-state index in [4.69, 9.17) is 0 Å². The fourth-order valence-electron chi connectivity index (χ4n) is 2.82. The Kier molecular flexibility index (Phi) is 5.13. The Hall–Kier alpha value is -3.40. The van der Waals surface area contributed by atoms with Crippen molar-refractivity contribution in [1.82, 2.24) is 0 Å². The first kappa shape index (κ1) is 17.4. The molecule has 3 rings (SSSR count). The molecule has 0 bridgehead atoms. The number of hydrogen-bond donors (Lipinski definition) is 2.